The second-order valence-electron chi connectivity index (χ2n) is 10.0. The van der Waals surface area contributed by atoms with Crippen molar-refractivity contribution in [2.24, 2.45) is 0 Å². The molecule has 2 heterocycles. The maximum atomic E-state index is 13.3. The van der Waals surface area contributed by atoms with Crippen LogP contribution in [0.5, 0.6) is 0 Å². The molecule has 3 atom stereocenters. The summed E-state index contributed by atoms with van der Waals surface area (Å²) in [4.78, 5) is 14.3. The quantitative estimate of drug-likeness (QED) is 0.424. The highest BCUT2D eigenvalue weighted by atomic mass is 19.4. The normalized spacial score (nSPS) is 23.3. The Kier molecular flexibility index (Phi) is 8.27. The van der Waals surface area contributed by atoms with Gasteiger partial charge in [0.25, 0.3) is 0 Å². The highest BCUT2D eigenvalue weighted by Gasteiger charge is 2.40. The van der Waals surface area contributed by atoms with Crippen LogP contribution in [0.2, 0.25) is 0 Å². The molecule has 2 aromatic carbocycles. The average Bonchev–Trinajstić information content (AvgIpc) is 3.43. The molecular formula is C27H31F6N3O2. The molecule has 0 bridgehead atoms. The van der Waals surface area contributed by atoms with E-state index in [0.717, 1.165) is 31.5 Å². The van der Waals surface area contributed by atoms with Crippen LogP contribution in [0, 0.1) is 0 Å². The molecule has 3 unspecified atom stereocenters. The number of carbonyl (C=O) groups excluding carboxylic acids is 1. The summed E-state index contributed by atoms with van der Waals surface area (Å²) in [5, 5.41) is 6.51. The minimum Gasteiger partial charge on any atom is -0.372 e. The Morgan fingerprint density at radius 3 is 2.18 bits per heavy atom. The molecule has 0 saturated carbocycles. The molecule has 2 aromatic rings. The minimum absolute atomic E-state index is 0.0164. The van der Waals surface area contributed by atoms with Crippen molar-refractivity contribution in [3.05, 3.63) is 70.8 Å². The van der Waals surface area contributed by atoms with E-state index in [9.17, 15) is 31.1 Å². The molecule has 11 heteroatoms. The number of hydrogen-bond acceptors (Lipinski definition) is 3. The molecule has 2 fully saturated rings. The number of nitrogens with one attached hydrogen (secondary N) is 2. The number of rotatable bonds is 6. The maximum absolute atomic E-state index is 13.3. The van der Waals surface area contributed by atoms with Gasteiger partial charge in [-0.15, -0.1) is 0 Å². The Labute approximate surface area is 217 Å². The second kappa shape index (κ2) is 11.1. The van der Waals surface area contributed by atoms with Gasteiger partial charge in [-0.1, -0.05) is 30.3 Å². The van der Waals surface area contributed by atoms with Crippen molar-refractivity contribution >= 4 is 6.03 Å². The molecule has 38 heavy (non-hydrogen) atoms. The Morgan fingerprint density at radius 2 is 1.66 bits per heavy atom. The third kappa shape index (κ3) is 6.61. The van der Waals surface area contributed by atoms with Gasteiger partial charge in [0, 0.05) is 25.7 Å². The number of ether oxygens (including phenoxy) is 1. The Bertz CT molecular complexity index is 1060. The summed E-state index contributed by atoms with van der Waals surface area (Å²) in [5.41, 5.74) is -2.79. The largest absolute Gasteiger partial charge is 0.416 e. The monoisotopic (exact) mass is 543 g/mol. The van der Waals surface area contributed by atoms with Gasteiger partial charge in [-0.2, -0.15) is 26.3 Å². The van der Waals surface area contributed by atoms with E-state index in [4.69, 9.17) is 4.74 Å². The summed E-state index contributed by atoms with van der Waals surface area (Å²) in [6, 6.07) is 10.7. The second-order valence-corrected chi connectivity index (χ2v) is 10.0. The molecule has 4 rings (SSSR count). The number of halogens is 6. The molecule has 2 N–H and O–H groups in total. The lowest BCUT2D eigenvalue weighted by molar-refractivity contribution is -0.143. The van der Waals surface area contributed by atoms with Crippen molar-refractivity contribution in [3.63, 3.8) is 0 Å². The van der Waals surface area contributed by atoms with Crippen LogP contribution in [0.1, 0.15) is 61.0 Å². The van der Waals surface area contributed by atoms with E-state index >= 15 is 0 Å². The first-order valence-electron chi connectivity index (χ1n) is 12.6. The fourth-order valence-electron chi connectivity index (χ4n) is 5.03. The lowest BCUT2D eigenvalue weighted by atomic mass is 9.81. The van der Waals surface area contributed by atoms with Crippen LogP contribution in [-0.2, 0) is 22.6 Å². The van der Waals surface area contributed by atoms with Crippen LogP contribution in [0.15, 0.2) is 48.5 Å². The summed E-state index contributed by atoms with van der Waals surface area (Å²) >= 11 is 0. The molecule has 0 aromatic heterocycles. The molecule has 2 aliphatic heterocycles. The van der Waals surface area contributed by atoms with Gasteiger partial charge < -0.3 is 20.3 Å². The predicted octanol–water partition coefficient (Wildman–Crippen LogP) is 6.25. The Balaban J connectivity index is 1.49. The van der Waals surface area contributed by atoms with Gasteiger partial charge in [0.1, 0.15) is 0 Å². The maximum Gasteiger partial charge on any atom is 0.416 e. The van der Waals surface area contributed by atoms with Gasteiger partial charge >= 0.3 is 18.4 Å². The summed E-state index contributed by atoms with van der Waals surface area (Å²) in [6.45, 7) is 3.36. The third-order valence-corrected chi connectivity index (χ3v) is 7.31. The first-order valence-corrected chi connectivity index (χ1v) is 12.6. The Hall–Kier alpha value is -2.79. The summed E-state index contributed by atoms with van der Waals surface area (Å²) in [7, 11) is 0. The Morgan fingerprint density at radius 1 is 1.05 bits per heavy atom. The fourth-order valence-corrected chi connectivity index (χ4v) is 5.03. The molecule has 0 radical (unpaired) electrons. The number of nitrogens with zero attached hydrogens (tertiary/aromatic N) is 1. The SMILES string of the molecule is CC(OCC1(c2ccccc2)CCC(NC(=O)N2CCCC2)CN1)c1cc(C(F)(F)F)cc(C(F)(F)F)c1. The van der Waals surface area contributed by atoms with Crippen LogP contribution in [0.3, 0.4) is 0 Å². The minimum atomic E-state index is -4.93. The molecule has 2 amide bonds. The molecule has 2 saturated heterocycles. The zero-order valence-electron chi connectivity index (χ0n) is 21.0. The number of benzene rings is 2. The zero-order valence-corrected chi connectivity index (χ0v) is 21.0. The highest BCUT2D eigenvalue weighted by Crippen LogP contribution is 2.39. The molecule has 208 valence electrons. The van der Waals surface area contributed by atoms with Crippen molar-refractivity contribution in [2.45, 2.75) is 62.6 Å². The molecule has 0 aliphatic carbocycles. The van der Waals surface area contributed by atoms with E-state index in [1.165, 1.54) is 6.92 Å². The number of alkyl halides is 6. The molecule has 2 aliphatic rings. The summed E-state index contributed by atoms with van der Waals surface area (Å²) < 4.78 is 86.0. The summed E-state index contributed by atoms with van der Waals surface area (Å²) in [5.74, 6) is 0. The smallest absolute Gasteiger partial charge is 0.372 e. The highest BCUT2D eigenvalue weighted by molar-refractivity contribution is 5.74. The summed E-state index contributed by atoms with van der Waals surface area (Å²) in [6.07, 6.45) is -7.75. The van der Waals surface area contributed by atoms with E-state index in [0.29, 0.717) is 31.5 Å². The van der Waals surface area contributed by atoms with E-state index in [1.54, 1.807) is 4.90 Å². The number of urea groups is 1. The lowest BCUT2D eigenvalue weighted by Crippen LogP contribution is -2.58. The number of piperidine rings is 1. The number of amides is 2. The van der Waals surface area contributed by atoms with Crippen LogP contribution in [0.25, 0.3) is 0 Å². The third-order valence-electron chi connectivity index (χ3n) is 7.31. The zero-order chi connectivity index (χ0) is 27.6. The van der Waals surface area contributed by atoms with Crippen molar-refractivity contribution in [3.8, 4) is 0 Å². The van der Waals surface area contributed by atoms with E-state index < -0.39 is 35.1 Å². The van der Waals surface area contributed by atoms with E-state index in [2.05, 4.69) is 10.6 Å². The first-order chi connectivity index (χ1) is 17.9. The van der Waals surface area contributed by atoms with E-state index in [1.807, 2.05) is 30.3 Å². The number of hydrogen-bond donors (Lipinski definition) is 2. The van der Waals surface area contributed by atoms with Crippen molar-refractivity contribution in [2.75, 3.05) is 26.2 Å². The molecule has 5 nitrogen and oxygen atoms in total. The van der Waals surface area contributed by atoms with Crippen LogP contribution >= 0.6 is 0 Å². The standard InChI is InChI=1S/C27H31F6N3O2/c1-18(19-13-21(26(28,29)30)15-22(14-19)27(31,32)33)38-17-25(20-7-3-2-4-8-20)10-9-23(16-34-25)35-24(37)36-11-5-6-12-36/h2-4,7-8,13-15,18,23,34H,5-6,9-12,16-17H2,1H3,(H,35,37). The molecule has 0 spiro atoms. The topological polar surface area (TPSA) is 53.6 Å². The number of carbonyl (C=O) groups is 1. The van der Waals surface area contributed by atoms with Gasteiger partial charge in [-0.05, 0) is 61.9 Å². The number of likely N-dealkylation sites (tertiary alicyclic amines) is 1. The van der Waals surface area contributed by atoms with Crippen LogP contribution in [-0.4, -0.2) is 43.2 Å². The average molecular weight is 544 g/mol. The molecular weight excluding hydrogens is 512 g/mol. The first kappa shape index (κ1) is 28.2. The van der Waals surface area contributed by atoms with Crippen molar-refractivity contribution in [1.29, 1.82) is 0 Å². The van der Waals surface area contributed by atoms with Gasteiger partial charge in [-0.25, -0.2) is 4.79 Å². The van der Waals surface area contributed by atoms with E-state index in [-0.39, 0.29) is 30.3 Å². The predicted molar refractivity (Wildman–Crippen MR) is 129 cm³/mol. The van der Waals surface area contributed by atoms with Crippen molar-refractivity contribution < 1.29 is 35.9 Å². The van der Waals surface area contributed by atoms with Gasteiger partial charge in [0.2, 0.25) is 0 Å². The van der Waals surface area contributed by atoms with Crippen LogP contribution in [0.4, 0.5) is 31.1 Å². The van der Waals surface area contributed by atoms with Crippen molar-refractivity contribution in [1.82, 2.24) is 15.5 Å². The lowest BCUT2D eigenvalue weighted by Gasteiger charge is -2.42. The van der Waals surface area contributed by atoms with Gasteiger partial charge in [0.05, 0.1) is 29.4 Å². The van der Waals surface area contributed by atoms with Gasteiger partial charge in [-0.3, -0.25) is 0 Å². The van der Waals surface area contributed by atoms with Crippen LogP contribution < -0.4 is 10.6 Å². The van der Waals surface area contributed by atoms with Gasteiger partial charge in [0.15, 0.2) is 0 Å². The fraction of sp³-hybridized carbons (Fsp3) is 0.519.